The lowest BCUT2D eigenvalue weighted by molar-refractivity contribution is -0.136. The zero-order chi connectivity index (χ0) is 40.6. The number of halogens is 1. The number of fused-ring (bicyclic) bond motifs is 1. The Kier molecular flexibility index (Phi) is 10.9. The van der Waals surface area contributed by atoms with Gasteiger partial charge in [-0.1, -0.05) is 43.6 Å². The van der Waals surface area contributed by atoms with Gasteiger partial charge in [0.25, 0.3) is 11.8 Å². The molecule has 1 atom stereocenters. The Bertz CT molecular complexity index is 2290. The third-order valence-corrected chi connectivity index (χ3v) is 12.2. The van der Waals surface area contributed by atoms with E-state index in [1.807, 2.05) is 48.5 Å². The molecule has 4 aliphatic heterocycles. The monoisotopic (exact) mass is 800 g/mol. The van der Waals surface area contributed by atoms with Crippen molar-refractivity contribution in [3.05, 3.63) is 111 Å². The summed E-state index contributed by atoms with van der Waals surface area (Å²) in [5.74, 6) is 0.0296. The minimum atomic E-state index is -0.983. The van der Waals surface area contributed by atoms with E-state index in [0.29, 0.717) is 53.3 Å². The number of piperidine rings is 2. The van der Waals surface area contributed by atoms with E-state index in [9.17, 15) is 24.4 Å². The van der Waals surface area contributed by atoms with Crippen LogP contribution in [-0.4, -0.2) is 95.3 Å². The van der Waals surface area contributed by atoms with Crippen molar-refractivity contribution in [2.45, 2.75) is 57.6 Å². The van der Waals surface area contributed by atoms with Crippen molar-refractivity contribution in [1.82, 2.24) is 25.1 Å². The summed E-state index contributed by atoms with van der Waals surface area (Å²) in [5, 5.41) is 12.2. The molecule has 8 rings (SSSR count). The fraction of sp³-hybridized carbons (Fsp3) is 0.386. The molecule has 3 fully saturated rings. The maximum Gasteiger partial charge on any atom is 0.264 e. The summed E-state index contributed by atoms with van der Waals surface area (Å²) in [6, 6.07) is 21.8. The van der Waals surface area contributed by atoms with E-state index in [1.165, 1.54) is 0 Å². The van der Waals surface area contributed by atoms with Gasteiger partial charge in [-0.2, -0.15) is 5.26 Å². The number of nitriles is 1. The third kappa shape index (κ3) is 7.86. The maximum absolute atomic E-state index is 13.6. The number of hydrogen-bond donors (Lipinski definition) is 1. The van der Waals surface area contributed by atoms with Crippen molar-refractivity contribution in [2.24, 2.45) is 5.92 Å². The number of rotatable bonds is 10. The number of carbonyl (C=O) groups excluding carboxylic acids is 4. The summed E-state index contributed by atoms with van der Waals surface area (Å²) in [6.07, 6.45) is 4.06. The van der Waals surface area contributed by atoms with E-state index < -0.39 is 29.7 Å². The first kappa shape index (κ1) is 39.0. The molecule has 0 aliphatic carbocycles. The average Bonchev–Trinajstić information content (AvgIpc) is 3.49. The Morgan fingerprint density at radius 3 is 2.36 bits per heavy atom. The molecule has 0 bridgehead atoms. The molecule has 1 aromatic heterocycles. The fourth-order valence-corrected chi connectivity index (χ4v) is 8.77. The predicted molar refractivity (Wildman–Crippen MR) is 218 cm³/mol. The van der Waals surface area contributed by atoms with Gasteiger partial charge in [-0.25, -0.2) is 9.97 Å². The number of ether oxygens (including phenoxy) is 1. The molecule has 0 saturated carbocycles. The number of benzene rings is 3. The number of nitrogens with one attached hydrogen (secondary N) is 1. The third-order valence-electron chi connectivity index (χ3n) is 12.0. The molecule has 4 aromatic rings. The summed E-state index contributed by atoms with van der Waals surface area (Å²) >= 11 is 6.30. The van der Waals surface area contributed by atoms with Crippen molar-refractivity contribution in [1.29, 1.82) is 5.26 Å². The second kappa shape index (κ2) is 16.2. The summed E-state index contributed by atoms with van der Waals surface area (Å²) in [4.78, 5) is 68.6. The lowest BCUT2D eigenvalue weighted by Gasteiger charge is -2.40. The van der Waals surface area contributed by atoms with Crippen LogP contribution in [-0.2, 0) is 21.6 Å². The molecule has 0 spiro atoms. The van der Waals surface area contributed by atoms with Gasteiger partial charge in [0, 0.05) is 68.9 Å². The van der Waals surface area contributed by atoms with E-state index in [2.05, 4.69) is 44.9 Å². The lowest BCUT2D eigenvalue weighted by Crippen LogP contribution is -2.54. The van der Waals surface area contributed by atoms with E-state index in [-0.39, 0.29) is 18.3 Å². The lowest BCUT2D eigenvalue weighted by atomic mass is 9.78. The van der Waals surface area contributed by atoms with E-state index in [0.717, 1.165) is 78.7 Å². The number of piperazine rings is 1. The maximum atomic E-state index is 13.6. The number of hydrogen-bond acceptors (Lipinski definition) is 11. The zero-order valence-corrected chi connectivity index (χ0v) is 33.4. The van der Waals surface area contributed by atoms with Crippen LogP contribution in [0.3, 0.4) is 0 Å². The van der Waals surface area contributed by atoms with Crippen molar-refractivity contribution in [3.8, 4) is 11.8 Å². The molecule has 1 unspecified atom stereocenters. The number of anilines is 2. The van der Waals surface area contributed by atoms with E-state index >= 15 is 0 Å². The Hall–Kier alpha value is -5.84. The molecule has 4 aliphatic rings. The Morgan fingerprint density at radius 1 is 0.879 bits per heavy atom. The summed E-state index contributed by atoms with van der Waals surface area (Å²) in [6.45, 7) is 10.3. The van der Waals surface area contributed by atoms with Crippen LogP contribution in [0.1, 0.15) is 82.6 Å². The van der Waals surface area contributed by atoms with Crippen molar-refractivity contribution in [2.75, 3.05) is 55.6 Å². The molecule has 3 aromatic carbocycles. The van der Waals surface area contributed by atoms with Gasteiger partial charge in [-0.15, -0.1) is 0 Å². The standard InChI is InChI=1S/C44H45ClN8O5/c1-44(2,31-22-29(25-46)23-32(45)24-31)30-6-8-34(9-7-30)58-27-33-12-15-47-43(48-33)52-16-13-28(14-17-52)26-50-18-20-51(21-19-50)36-5-3-4-35-39(36)42(57)53(41(35)56)37-10-11-38(54)49-40(37)55/h3-9,12,15,22-24,28,37H,10-11,13-14,16-21,26-27H2,1-2H3,(H,49,54,55). The van der Waals surface area contributed by atoms with Crippen molar-refractivity contribution >= 4 is 46.9 Å². The molecule has 298 valence electrons. The van der Waals surface area contributed by atoms with Gasteiger partial charge in [0.1, 0.15) is 18.4 Å². The first-order valence-electron chi connectivity index (χ1n) is 19.8. The highest BCUT2D eigenvalue weighted by molar-refractivity contribution is 6.30. The highest BCUT2D eigenvalue weighted by Gasteiger charge is 2.46. The van der Waals surface area contributed by atoms with Gasteiger partial charge in [0.15, 0.2) is 0 Å². The van der Waals surface area contributed by atoms with Crippen LogP contribution in [0.5, 0.6) is 5.75 Å². The highest BCUT2D eigenvalue weighted by atomic mass is 35.5. The molecule has 5 heterocycles. The van der Waals surface area contributed by atoms with Gasteiger partial charge >= 0.3 is 0 Å². The smallest absolute Gasteiger partial charge is 0.264 e. The average molecular weight is 801 g/mol. The van der Waals surface area contributed by atoms with Crippen LogP contribution in [0.25, 0.3) is 0 Å². The van der Waals surface area contributed by atoms with Gasteiger partial charge in [0.05, 0.1) is 34.1 Å². The summed E-state index contributed by atoms with van der Waals surface area (Å²) in [5.41, 5.74) is 4.39. The topological polar surface area (TPSA) is 152 Å². The summed E-state index contributed by atoms with van der Waals surface area (Å²) in [7, 11) is 0. The van der Waals surface area contributed by atoms with Crippen LogP contribution in [0.4, 0.5) is 11.6 Å². The van der Waals surface area contributed by atoms with Crippen LogP contribution in [0.15, 0.2) is 72.9 Å². The molecule has 0 radical (unpaired) electrons. The van der Waals surface area contributed by atoms with Gasteiger partial charge in [-0.05, 0) is 84.8 Å². The molecule has 13 nitrogen and oxygen atoms in total. The Balaban J connectivity index is 0.810. The number of nitrogens with zero attached hydrogens (tertiary/aromatic N) is 7. The second-order valence-electron chi connectivity index (χ2n) is 16.0. The fourth-order valence-electron chi connectivity index (χ4n) is 8.54. The number of amides is 4. The number of aromatic nitrogens is 2. The number of carbonyl (C=O) groups is 4. The summed E-state index contributed by atoms with van der Waals surface area (Å²) < 4.78 is 6.13. The van der Waals surface area contributed by atoms with Crippen LogP contribution >= 0.6 is 11.6 Å². The van der Waals surface area contributed by atoms with Crippen LogP contribution < -0.4 is 19.9 Å². The van der Waals surface area contributed by atoms with Gasteiger partial charge in [0.2, 0.25) is 17.8 Å². The van der Waals surface area contributed by atoms with Crippen molar-refractivity contribution < 1.29 is 23.9 Å². The first-order chi connectivity index (χ1) is 28.0. The first-order valence-corrected chi connectivity index (χ1v) is 20.2. The van der Waals surface area contributed by atoms with Crippen LogP contribution in [0, 0.1) is 17.2 Å². The minimum absolute atomic E-state index is 0.0888. The molecule has 14 heteroatoms. The highest BCUT2D eigenvalue weighted by Crippen LogP contribution is 2.36. The predicted octanol–water partition coefficient (Wildman–Crippen LogP) is 5.35. The Morgan fingerprint density at radius 2 is 1.64 bits per heavy atom. The SMILES string of the molecule is CC(C)(c1ccc(OCc2ccnc(N3CCC(CN4CCN(c5cccc6c5C(=O)N(C5CCC(=O)NC5=O)C6=O)CC4)CC3)n2)cc1)c1cc(Cl)cc(C#N)c1. The van der Waals surface area contributed by atoms with Crippen LogP contribution in [0.2, 0.25) is 5.02 Å². The van der Waals surface area contributed by atoms with Crippen molar-refractivity contribution in [3.63, 3.8) is 0 Å². The largest absolute Gasteiger partial charge is 0.487 e. The normalized spacial score (nSPS) is 19.3. The molecule has 3 saturated heterocycles. The van der Waals surface area contributed by atoms with E-state index in [1.54, 1.807) is 24.4 Å². The molecule has 58 heavy (non-hydrogen) atoms. The molecule has 1 N–H and O–H groups in total. The zero-order valence-electron chi connectivity index (χ0n) is 32.6. The Labute approximate surface area is 342 Å². The quantitative estimate of drug-likeness (QED) is 0.207. The second-order valence-corrected chi connectivity index (χ2v) is 16.4. The van der Waals surface area contributed by atoms with E-state index in [4.69, 9.17) is 21.3 Å². The number of imide groups is 2. The molecular formula is C44H45ClN8O5. The minimum Gasteiger partial charge on any atom is -0.487 e. The van der Waals surface area contributed by atoms with Gasteiger partial charge in [-0.3, -0.25) is 34.3 Å². The van der Waals surface area contributed by atoms with Gasteiger partial charge < -0.3 is 14.5 Å². The molecular weight excluding hydrogens is 756 g/mol. The molecule has 4 amide bonds.